The van der Waals surface area contributed by atoms with E-state index < -0.39 is 0 Å². The van der Waals surface area contributed by atoms with Gasteiger partial charge >= 0.3 is 0 Å². The van der Waals surface area contributed by atoms with Gasteiger partial charge in [0, 0.05) is 38.4 Å². The van der Waals surface area contributed by atoms with E-state index in [0.29, 0.717) is 5.56 Å². The molecule has 1 saturated heterocycles. The van der Waals surface area contributed by atoms with Crippen molar-refractivity contribution in [3.8, 4) is 6.07 Å². The Balaban J connectivity index is 1.72. The third-order valence-electron chi connectivity index (χ3n) is 4.63. The molecule has 3 rings (SSSR count). The first-order valence-electron chi connectivity index (χ1n) is 8.59. The summed E-state index contributed by atoms with van der Waals surface area (Å²) in [6.07, 6.45) is 0. The maximum Gasteiger partial charge on any atom is 0.101 e. The second-order valence-electron chi connectivity index (χ2n) is 6.10. The van der Waals surface area contributed by atoms with E-state index in [9.17, 15) is 5.26 Å². The van der Waals surface area contributed by atoms with E-state index in [4.69, 9.17) is 0 Å². The molecule has 4 heteroatoms. The number of piperazine rings is 1. The minimum absolute atomic E-state index is 0.696. The summed E-state index contributed by atoms with van der Waals surface area (Å²) < 4.78 is 0. The third kappa shape index (κ3) is 3.87. The van der Waals surface area contributed by atoms with Gasteiger partial charge in [0.1, 0.15) is 6.07 Å². The number of nitriles is 1. The molecule has 0 unspecified atom stereocenters. The number of nitrogens with zero attached hydrogens (tertiary/aromatic N) is 3. The third-order valence-corrected chi connectivity index (χ3v) is 4.63. The van der Waals surface area contributed by atoms with Crippen LogP contribution in [-0.4, -0.2) is 37.6 Å². The van der Waals surface area contributed by atoms with Crippen LogP contribution in [0, 0.1) is 11.3 Å². The molecule has 24 heavy (non-hydrogen) atoms. The van der Waals surface area contributed by atoms with E-state index in [1.54, 1.807) is 0 Å². The first-order chi connectivity index (χ1) is 11.8. The number of hydrogen-bond acceptors (Lipinski definition) is 4. The van der Waals surface area contributed by atoms with E-state index in [1.807, 2.05) is 24.3 Å². The molecule has 0 aliphatic carbocycles. The molecular weight excluding hydrogens is 296 g/mol. The molecule has 1 N–H and O–H groups in total. The molecule has 0 bridgehead atoms. The van der Waals surface area contributed by atoms with Crippen LogP contribution in [0.3, 0.4) is 0 Å². The van der Waals surface area contributed by atoms with Gasteiger partial charge in [-0.2, -0.15) is 5.26 Å². The lowest BCUT2D eigenvalue weighted by atomic mass is 10.1. The van der Waals surface area contributed by atoms with Crippen LogP contribution in [-0.2, 0) is 6.54 Å². The van der Waals surface area contributed by atoms with Gasteiger partial charge < -0.3 is 15.1 Å². The molecule has 1 aliphatic heterocycles. The summed E-state index contributed by atoms with van der Waals surface area (Å²) in [4.78, 5) is 4.87. The standard InChI is InChI=1S/C20H24N4/c1-2-23-10-12-24(13-11-23)19-9-8-18(15-21)20(14-19)22-16-17-6-4-3-5-7-17/h3-9,14,22H,2,10-13,16H2,1H3. The summed E-state index contributed by atoms with van der Waals surface area (Å²) in [6.45, 7) is 8.33. The smallest absolute Gasteiger partial charge is 0.101 e. The zero-order valence-electron chi connectivity index (χ0n) is 14.2. The number of hydrogen-bond donors (Lipinski definition) is 1. The highest BCUT2D eigenvalue weighted by molar-refractivity contribution is 5.66. The fourth-order valence-electron chi connectivity index (χ4n) is 3.09. The van der Waals surface area contributed by atoms with Crippen molar-refractivity contribution in [1.29, 1.82) is 5.26 Å². The van der Waals surface area contributed by atoms with Crippen molar-refractivity contribution in [2.45, 2.75) is 13.5 Å². The van der Waals surface area contributed by atoms with Crippen LogP contribution >= 0.6 is 0 Å². The number of benzene rings is 2. The van der Waals surface area contributed by atoms with E-state index >= 15 is 0 Å². The Morgan fingerprint density at radius 2 is 1.79 bits per heavy atom. The van der Waals surface area contributed by atoms with Crippen molar-refractivity contribution in [2.24, 2.45) is 0 Å². The maximum absolute atomic E-state index is 9.37. The van der Waals surface area contributed by atoms with Gasteiger partial charge in [0.25, 0.3) is 0 Å². The molecule has 0 amide bonds. The Bertz CT molecular complexity index is 697. The van der Waals surface area contributed by atoms with Crippen LogP contribution in [0.4, 0.5) is 11.4 Å². The fraction of sp³-hybridized carbons (Fsp3) is 0.350. The summed E-state index contributed by atoms with van der Waals surface area (Å²) in [5.74, 6) is 0. The van der Waals surface area contributed by atoms with Crippen molar-refractivity contribution in [3.05, 3.63) is 59.7 Å². The van der Waals surface area contributed by atoms with Gasteiger partial charge in [-0.05, 0) is 30.3 Å². The van der Waals surface area contributed by atoms with Gasteiger partial charge in [-0.1, -0.05) is 37.3 Å². The fourth-order valence-corrected chi connectivity index (χ4v) is 3.09. The lowest BCUT2D eigenvalue weighted by Gasteiger charge is -2.35. The SMILES string of the molecule is CCN1CCN(c2ccc(C#N)c(NCc3ccccc3)c2)CC1. The summed E-state index contributed by atoms with van der Waals surface area (Å²) in [5.41, 5.74) is 4.02. The second kappa shape index (κ2) is 7.85. The van der Waals surface area contributed by atoms with Crippen molar-refractivity contribution < 1.29 is 0 Å². The largest absolute Gasteiger partial charge is 0.380 e. The minimum Gasteiger partial charge on any atom is -0.380 e. The average molecular weight is 320 g/mol. The normalized spacial score (nSPS) is 15.1. The Labute approximate surface area is 144 Å². The Hall–Kier alpha value is -2.51. The average Bonchev–Trinajstić information content (AvgIpc) is 2.67. The van der Waals surface area contributed by atoms with E-state index in [2.05, 4.69) is 52.4 Å². The van der Waals surface area contributed by atoms with Crippen LogP contribution in [0.25, 0.3) is 0 Å². The van der Waals surface area contributed by atoms with E-state index in [0.717, 1.165) is 45.0 Å². The molecule has 0 saturated carbocycles. The van der Waals surface area contributed by atoms with Gasteiger partial charge in [-0.25, -0.2) is 0 Å². The predicted octanol–water partition coefficient (Wildman–Crippen LogP) is 3.31. The van der Waals surface area contributed by atoms with Crippen LogP contribution in [0.2, 0.25) is 0 Å². The van der Waals surface area contributed by atoms with Crippen LogP contribution in [0.1, 0.15) is 18.1 Å². The number of anilines is 2. The van der Waals surface area contributed by atoms with Gasteiger partial charge in [-0.3, -0.25) is 0 Å². The predicted molar refractivity (Wildman–Crippen MR) is 99.3 cm³/mol. The van der Waals surface area contributed by atoms with Crippen LogP contribution in [0.5, 0.6) is 0 Å². The van der Waals surface area contributed by atoms with Gasteiger partial charge in [-0.15, -0.1) is 0 Å². The Morgan fingerprint density at radius 1 is 1.04 bits per heavy atom. The molecule has 2 aromatic rings. The molecule has 1 aliphatic rings. The van der Waals surface area contributed by atoms with Crippen molar-refractivity contribution >= 4 is 11.4 Å². The van der Waals surface area contributed by atoms with Crippen LogP contribution in [0.15, 0.2) is 48.5 Å². The highest BCUT2D eigenvalue weighted by atomic mass is 15.3. The monoisotopic (exact) mass is 320 g/mol. The second-order valence-corrected chi connectivity index (χ2v) is 6.10. The Morgan fingerprint density at radius 3 is 2.46 bits per heavy atom. The molecule has 0 spiro atoms. The topological polar surface area (TPSA) is 42.3 Å². The van der Waals surface area contributed by atoms with Gasteiger partial charge in [0.15, 0.2) is 0 Å². The zero-order chi connectivity index (χ0) is 16.8. The lowest BCUT2D eigenvalue weighted by molar-refractivity contribution is 0.271. The Kier molecular flexibility index (Phi) is 5.35. The highest BCUT2D eigenvalue weighted by Crippen LogP contribution is 2.25. The molecule has 2 aromatic carbocycles. The van der Waals surface area contributed by atoms with Crippen molar-refractivity contribution in [1.82, 2.24) is 4.90 Å². The molecule has 0 radical (unpaired) electrons. The molecule has 1 fully saturated rings. The van der Waals surface area contributed by atoms with Crippen molar-refractivity contribution in [2.75, 3.05) is 42.9 Å². The molecular formula is C20H24N4. The van der Waals surface area contributed by atoms with E-state index in [-0.39, 0.29) is 0 Å². The highest BCUT2D eigenvalue weighted by Gasteiger charge is 2.16. The maximum atomic E-state index is 9.37. The summed E-state index contributed by atoms with van der Waals surface area (Å²) in [6, 6.07) is 18.7. The van der Waals surface area contributed by atoms with Crippen molar-refractivity contribution in [3.63, 3.8) is 0 Å². The minimum atomic E-state index is 0.696. The molecule has 1 heterocycles. The quantitative estimate of drug-likeness (QED) is 0.918. The van der Waals surface area contributed by atoms with Gasteiger partial charge in [0.2, 0.25) is 0 Å². The molecule has 4 nitrogen and oxygen atoms in total. The van der Waals surface area contributed by atoms with Crippen LogP contribution < -0.4 is 10.2 Å². The molecule has 124 valence electrons. The summed E-state index contributed by atoms with van der Waals surface area (Å²) >= 11 is 0. The summed E-state index contributed by atoms with van der Waals surface area (Å²) in [7, 11) is 0. The number of likely N-dealkylation sites (N-methyl/N-ethyl adjacent to an activating group) is 1. The zero-order valence-corrected chi connectivity index (χ0v) is 14.2. The van der Waals surface area contributed by atoms with E-state index in [1.165, 1.54) is 11.3 Å². The molecule has 0 atom stereocenters. The van der Waals surface area contributed by atoms with Gasteiger partial charge in [0.05, 0.1) is 11.3 Å². The first kappa shape index (κ1) is 16.4. The number of rotatable bonds is 5. The summed E-state index contributed by atoms with van der Waals surface area (Å²) in [5, 5.41) is 12.8. The molecule has 0 aromatic heterocycles. The first-order valence-corrected chi connectivity index (χ1v) is 8.59. The number of nitrogens with one attached hydrogen (secondary N) is 1. The lowest BCUT2D eigenvalue weighted by Crippen LogP contribution is -2.46.